The van der Waals surface area contributed by atoms with E-state index in [0.717, 1.165) is 21.0 Å². The summed E-state index contributed by atoms with van der Waals surface area (Å²) >= 11 is 0. The average molecular weight is 438 g/mol. The minimum Gasteiger partial charge on any atom is -0.507 e. The van der Waals surface area contributed by atoms with E-state index in [2.05, 4.69) is 0 Å². The molecule has 2 N–H and O–H groups in total. The molecule has 32 heavy (non-hydrogen) atoms. The van der Waals surface area contributed by atoms with Crippen LogP contribution in [-0.4, -0.2) is 38.4 Å². The molecule has 4 rings (SSSR count). The zero-order chi connectivity index (χ0) is 23.2. The van der Waals surface area contributed by atoms with Crippen LogP contribution < -0.4 is 11.1 Å². The van der Waals surface area contributed by atoms with Gasteiger partial charge in [-0.2, -0.15) is 0 Å². The molecular formula is C23H22N2O7. The molecule has 1 aliphatic heterocycles. The molecule has 2 aromatic heterocycles. The molecule has 3 aromatic rings. The van der Waals surface area contributed by atoms with Crippen molar-refractivity contribution in [3.05, 3.63) is 73.4 Å². The number of ether oxygens (including phenoxy) is 1. The van der Waals surface area contributed by atoms with Gasteiger partial charge in [-0.1, -0.05) is 18.2 Å². The predicted molar refractivity (Wildman–Crippen MR) is 115 cm³/mol. The van der Waals surface area contributed by atoms with Crippen molar-refractivity contribution in [3.8, 4) is 5.75 Å². The molecule has 1 aliphatic rings. The van der Waals surface area contributed by atoms with Gasteiger partial charge in [-0.05, 0) is 36.4 Å². The number of pyridine rings is 2. The molecule has 0 spiro atoms. The van der Waals surface area contributed by atoms with Crippen molar-refractivity contribution in [1.29, 1.82) is 0 Å². The largest absolute Gasteiger partial charge is 0.507 e. The lowest BCUT2D eigenvalue weighted by Gasteiger charge is -2.20. The molecular weight excluding hydrogens is 416 g/mol. The number of carboxylic acids is 1. The third kappa shape index (κ3) is 3.45. The summed E-state index contributed by atoms with van der Waals surface area (Å²) in [5, 5.41) is 20.6. The summed E-state index contributed by atoms with van der Waals surface area (Å²) in [5.41, 5.74) is 0.927. The van der Waals surface area contributed by atoms with Crippen LogP contribution in [0.1, 0.15) is 34.7 Å². The second-order valence-electron chi connectivity index (χ2n) is 7.86. The maximum Gasteiger partial charge on any atom is 0.323 e. The molecule has 0 aliphatic carbocycles. The molecule has 0 fully saturated rings. The van der Waals surface area contributed by atoms with Crippen LogP contribution in [0.3, 0.4) is 0 Å². The standard InChI is InChI=1S/C23H22N2O7/c1-12-8-17(26)20(23(31)25(12)11-18(27)28)15(10-19(29)32-2)16-9-14-5-3-4-13-6-7-24(21(13)14)22(16)30/h3-5,8-9,15,26H,6-7,10-11H2,1-2H3,(H,27,28)/t15-/m0/s1. The van der Waals surface area contributed by atoms with Crippen LogP contribution in [0.5, 0.6) is 5.75 Å². The van der Waals surface area contributed by atoms with E-state index in [1.165, 1.54) is 20.1 Å². The summed E-state index contributed by atoms with van der Waals surface area (Å²) < 4.78 is 7.40. The first-order valence-corrected chi connectivity index (χ1v) is 10.1. The molecule has 1 aromatic carbocycles. The molecule has 9 nitrogen and oxygen atoms in total. The first kappa shape index (κ1) is 21.4. The van der Waals surface area contributed by atoms with E-state index >= 15 is 0 Å². The van der Waals surface area contributed by atoms with Crippen LogP contribution in [0, 0.1) is 6.92 Å². The van der Waals surface area contributed by atoms with Crippen molar-refractivity contribution in [2.75, 3.05) is 7.11 Å². The lowest BCUT2D eigenvalue weighted by molar-refractivity contribution is -0.141. The van der Waals surface area contributed by atoms with Crippen molar-refractivity contribution in [3.63, 3.8) is 0 Å². The number of aromatic hydroxyl groups is 1. The molecule has 9 heteroatoms. The third-order valence-corrected chi connectivity index (χ3v) is 5.97. The Morgan fingerprint density at radius 2 is 1.94 bits per heavy atom. The van der Waals surface area contributed by atoms with Crippen LogP contribution >= 0.6 is 0 Å². The number of para-hydroxylation sites is 1. The van der Waals surface area contributed by atoms with Gasteiger partial charge in [0.2, 0.25) is 0 Å². The second kappa shape index (κ2) is 7.99. The predicted octanol–water partition coefficient (Wildman–Crippen LogP) is 1.51. The van der Waals surface area contributed by atoms with Gasteiger partial charge in [-0.15, -0.1) is 0 Å². The number of aliphatic carboxylic acids is 1. The number of carbonyl (C=O) groups is 2. The summed E-state index contributed by atoms with van der Waals surface area (Å²) in [6.45, 7) is 1.35. The summed E-state index contributed by atoms with van der Waals surface area (Å²) in [6, 6.07) is 8.57. The van der Waals surface area contributed by atoms with Gasteiger partial charge in [-0.25, -0.2) is 0 Å². The molecule has 0 saturated heterocycles. The quantitative estimate of drug-likeness (QED) is 0.559. The molecule has 166 valence electrons. The fourth-order valence-corrected chi connectivity index (χ4v) is 4.49. The zero-order valence-electron chi connectivity index (χ0n) is 17.6. The SMILES string of the molecule is COC(=O)C[C@H](c1c(O)cc(C)n(CC(=O)O)c1=O)c1cc2cccc3c2n(c1=O)CC3. The lowest BCUT2D eigenvalue weighted by Crippen LogP contribution is -2.33. The van der Waals surface area contributed by atoms with E-state index in [1.807, 2.05) is 18.2 Å². The van der Waals surface area contributed by atoms with E-state index in [0.29, 0.717) is 13.0 Å². The Labute approximate surface area is 182 Å². The highest BCUT2D eigenvalue weighted by Crippen LogP contribution is 2.33. The van der Waals surface area contributed by atoms with Gasteiger partial charge in [0.15, 0.2) is 0 Å². The minimum atomic E-state index is -1.23. The Balaban J connectivity index is 2.01. The van der Waals surface area contributed by atoms with E-state index in [-0.39, 0.29) is 28.8 Å². The van der Waals surface area contributed by atoms with Crippen LogP contribution in [0.25, 0.3) is 10.9 Å². The lowest BCUT2D eigenvalue weighted by atomic mass is 9.88. The highest BCUT2D eigenvalue weighted by atomic mass is 16.5. The maximum absolute atomic E-state index is 13.4. The van der Waals surface area contributed by atoms with Gasteiger partial charge in [0.25, 0.3) is 11.1 Å². The normalized spacial score (nSPS) is 13.3. The topological polar surface area (TPSA) is 128 Å². The van der Waals surface area contributed by atoms with Crippen LogP contribution in [0.2, 0.25) is 0 Å². The summed E-state index contributed by atoms with van der Waals surface area (Å²) in [4.78, 5) is 50.2. The van der Waals surface area contributed by atoms with Crippen molar-refractivity contribution in [1.82, 2.24) is 9.13 Å². The first-order chi connectivity index (χ1) is 15.2. The number of hydrogen-bond acceptors (Lipinski definition) is 6. The first-order valence-electron chi connectivity index (χ1n) is 10.1. The Hall–Kier alpha value is -3.88. The maximum atomic E-state index is 13.4. The van der Waals surface area contributed by atoms with Crippen LogP contribution in [0.15, 0.2) is 39.9 Å². The summed E-state index contributed by atoms with van der Waals surface area (Å²) in [5.74, 6) is -3.42. The van der Waals surface area contributed by atoms with Gasteiger partial charge >= 0.3 is 11.9 Å². The third-order valence-electron chi connectivity index (χ3n) is 5.97. The number of rotatable bonds is 6. The van der Waals surface area contributed by atoms with E-state index in [1.54, 1.807) is 10.6 Å². The number of aryl methyl sites for hydroxylation is 3. The number of benzene rings is 1. The number of esters is 1. The van der Waals surface area contributed by atoms with E-state index in [4.69, 9.17) is 4.74 Å². The fourth-order valence-electron chi connectivity index (χ4n) is 4.49. The van der Waals surface area contributed by atoms with Crippen molar-refractivity contribution in [2.45, 2.75) is 38.8 Å². The van der Waals surface area contributed by atoms with Crippen LogP contribution in [-0.2, 0) is 33.8 Å². The number of carboxylic acid groups (broad SMARTS) is 1. The average Bonchev–Trinajstić information content (AvgIpc) is 3.18. The number of hydrogen-bond donors (Lipinski definition) is 2. The zero-order valence-corrected chi connectivity index (χ0v) is 17.6. The van der Waals surface area contributed by atoms with Crippen molar-refractivity contribution < 1.29 is 24.5 Å². The second-order valence-corrected chi connectivity index (χ2v) is 7.86. The smallest absolute Gasteiger partial charge is 0.323 e. The molecule has 0 unspecified atom stereocenters. The monoisotopic (exact) mass is 438 g/mol. The number of carbonyl (C=O) groups excluding carboxylic acids is 1. The van der Waals surface area contributed by atoms with Gasteiger partial charge in [-0.3, -0.25) is 19.2 Å². The molecule has 0 radical (unpaired) electrons. The molecule has 1 atom stereocenters. The Morgan fingerprint density at radius 1 is 1.19 bits per heavy atom. The molecule has 0 amide bonds. The summed E-state index contributed by atoms with van der Waals surface area (Å²) in [6.07, 6.45) is 0.328. The number of methoxy groups -OCH3 is 1. The highest BCUT2D eigenvalue weighted by Gasteiger charge is 2.31. The highest BCUT2D eigenvalue weighted by molar-refractivity contribution is 5.84. The van der Waals surface area contributed by atoms with E-state index < -0.39 is 35.7 Å². The Bertz CT molecular complexity index is 1380. The Morgan fingerprint density at radius 3 is 2.62 bits per heavy atom. The van der Waals surface area contributed by atoms with E-state index in [9.17, 15) is 29.4 Å². The number of nitrogens with zero attached hydrogens (tertiary/aromatic N) is 2. The fraction of sp³-hybridized carbons (Fsp3) is 0.304. The number of aromatic nitrogens is 2. The van der Waals surface area contributed by atoms with Gasteiger partial charge in [0.05, 0.1) is 24.6 Å². The summed E-state index contributed by atoms with van der Waals surface area (Å²) in [7, 11) is 1.19. The van der Waals surface area contributed by atoms with Crippen molar-refractivity contribution in [2.24, 2.45) is 0 Å². The van der Waals surface area contributed by atoms with Gasteiger partial charge < -0.3 is 24.1 Å². The van der Waals surface area contributed by atoms with Gasteiger partial charge in [0, 0.05) is 23.7 Å². The van der Waals surface area contributed by atoms with Crippen LogP contribution in [0.4, 0.5) is 0 Å². The minimum absolute atomic E-state index is 0.167. The molecule has 0 bridgehead atoms. The van der Waals surface area contributed by atoms with Crippen molar-refractivity contribution >= 4 is 22.8 Å². The van der Waals surface area contributed by atoms with Gasteiger partial charge in [0.1, 0.15) is 12.3 Å². The molecule has 0 saturated carbocycles. The molecule has 3 heterocycles. The Kier molecular flexibility index (Phi) is 5.33.